The predicted octanol–water partition coefficient (Wildman–Crippen LogP) is 0.175. The van der Waals surface area contributed by atoms with Crippen LogP contribution >= 0.6 is 0 Å². The van der Waals surface area contributed by atoms with Gasteiger partial charge in [0.25, 0.3) is 0 Å². The number of hydrogen-bond acceptors (Lipinski definition) is 4. The van der Waals surface area contributed by atoms with Crippen LogP contribution in [0.15, 0.2) is 18.3 Å². The van der Waals surface area contributed by atoms with Gasteiger partial charge in [0.15, 0.2) is 0 Å². The molecule has 0 bridgehead atoms. The number of ether oxygens (including phenoxy) is 1. The maximum Gasteiger partial charge on any atom is 0.326 e. The average molecular weight is 182 g/mol. The molecule has 1 atom stereocenters. The van der Waals surface area contributed by atoms with Gasteiger partial charge in [-0.3, -0.25) is 9.78 Å². The predicted molar refractivity (Wildman–Crippen MR) is 45.4 cm³/mol. The molecule has 5 nitrogen and oxygen atoms in total. The summed E-state index contributed by atoms with van der Waals surface area (Å²) in [5.41, 5.74) is 5.61. The van der Waals surface area contributed by atoms with Crippen LogP contribution in [-0.4, -0.2) is 23.2 Å². The van der Waals surface area contributed by atoms with Crippen molar-refractivity contribution >= 4 is 5.97 Å². The van der Waals surface area contributed by atoms with E-state index in [2.05, 4.69) is 4.98 Å². The van der Waals surface area contributed by atoms with Crippen molar-refractivity contribution in [2.45, 2.75) is 6.04 Å². The van der Waals surface area contributed by atoms with Crippen LogP contribution in [0.1, 0.15) is 11.7 Å². The topological polar surface area (TPSA) is 85.4 Å². The highest BCUT2D eigenvalue weighted by atomic mass is 16.5. The SMILES string of the molecule is COc1cccnc1[C@H](N)C(=O)O. The smallest absolute Gasteiger partial charge is 0.326 e. The molecule has 0 aromatic carbocycles. The van der Waals surface area contributed by atoms with Gasteiger partial charge < -0.3 is 15.6 Å². The van der Waals surface area contributed by atoms with Gasteiger partial charge in [-0.2, -0.15) is 0 Å². The zero-order valence-electron chi connectivity index (χ0n) is 7.10. The zero-order chi connectivity index (χ0) is 9.84. The van der Waals surface area contributed by atoms with Gasteiger partial charge in [-0.25, -0.2) is 0 Å². The van der Waals surface area contributed by atoms with E-state index in [1.807, 2.05) is 0 Å². The first-order chi connectivity index (χ1) is 6.16. The first-order valence-electron chi connectivity index (χ1n) is 3.64. The van der Waals surface area contributed by atoms with Crippen molar-refractivity contribution in [2.75, 3.05) is 7.11 Å². The van der Waals surface area contributed by atoms with Crippen molar-refractivity contribution < 1.29 is 14.6 Å². The molecule has 1 aromatic rings. The summed E-state index contributed by atoms with van der Waals surface area (Å²) in [6, 6.07) is 2.12. The fourth-order valence-corrected chi connectivity index (χ4v) is 0.926. The van der Waals surface area contributed by atoms with Gasteiger partial charge in [-0.05, 0) is 12.1 Å². The van der Waals surface area contributed by atoms with E-state index in [0.717, 1.165) is 0 Å². The Morgan fingerprint density at radius 1 is 1.77 bits per heavy atom. The van der Waals surface area contributed by atoms with Crippen molar-refractivity contribution in [1.82, 2.24) is 4.98 Å². The van der Waals surface area contributed by atoms with E-state index in [-0.39, 0.29) is 5.69 Å². The molecular formula is C8H10N2O3. The Morgan fingerprint density at radius 3 is 3.00 bits per heavy atom. The molecule has 0 radical (unpaired) electrons. The standard InChI is InChI=1S/C8H10N2O3/c1-13-5-3-2-4-10-7(5)6(9)8(11)12/h2-4,6H,9H2,1H3,(H,11,12)/t6-/m0/s1. The second kappa shape index (κ2) is 3.86. The van der Waals surface area contributed by atoms with Crippen molar-refractivity contribution in [1.29, 1.82) is 0 Å². The van der Waals surface area contributed by atoms with Crippen LogP contribution in [-0.2, 0) is 4.79 Å². The summed E-state index contributed by atoms with van der Waals surface area (Å²) >= 11 is 0. The zero-order valence-corrected chi connectivity index (χ0v) is 7.10. The maximum atomic E-state index is 10.5. The van der Waals surface area contributed by atoms with Crippen molar-refractivity contribution in [2.24, 2.45) is 5.73 Å². The molecule has 0 fully saturated rings. The number of nitrogens with zero attached hydrogens (tertiary/aromatic N) is 1. The van der Waals surface area contributed by atoms with E-state index >= 15 is 0 Å². The summed E-state index contributed by atoms with van der Waals surface area (Å²) in [5.74, 6) is -0.741. The van der Waals surface area contributed by atoms with E-state index in [1.165, 1.54) is 13.3 Å². The fourth-order valence-electron chi connectivity index (χ4n) is 0.926. The lowest BCUT2D eigenvalue weighted by Gasteiger charge is -2.09. The summed E-state index contributed by atoms with van der Waals surface area (Å²) < 4.78 is 4.91. The summed E-state index contributed by atoms with van der Waals surface area (Å²) in [6.45, 7) is 0. The largest absolute Gasteiger partial charge is 0.495 e. The Morgan fingerprint density at radius 2 is 2.46 bits per heavy atom. The number of pyridine rings is 1. The van der Waals surface area contributed by atoms with Gasteiger partial charge in [-0.15, -0.1) is 0 Å². The van der Waals surface area contributed by atoms with Gasteiger partial charge >= 0.3 is 5.97 Å². The lowest BCUT2D eigenvalue weighted by Crippen LogP contribution is -2.22. The van der Waals surface area contributed by atoms with Crippen LogP contribution in [0.2, 0.25) is 0 Å². The van der Waals surface area contributed by atoms with Gasteiger partial charge in [0.2, 0.25) is 0 Å². The molecule has 0 amide bonds. The Hall–Kier alpha value is -1.62. The van der Waals surface area contributed by atoms with E-state index < -0.39 is 12.0 Å². The number of aromatic nitrogens is 1. The molecule has 0 aliphatic heterocycles. The first-order valence-corrected chi connectivity index (χ1v) is 3.64. The summed E-state index contributed by atoms with van der Waals surface area (Å²) in [7, 11) is 1.44. The van der Waals surface area contributed by atoms with E-state index in [0.29, 0.717) is 5.75 Å². The van der Waals surface area contributed by atoms with Gasteiger partial charge in [-0.1, -0.05) is 0 Å². The molecule has 1 rings (SSSR count). The maximum absolute atomic E-state index is 10.5. The molecule has 1 heterocycles. The van der Waals surface area contributed by atoms with Crippen molar-refractivity contribution in [3.63, 3.8) is 0 Å². The highest BCUT2D eigenvalue weighted by Crippen LogP contribution is 2.20. The molecule has 70 valence electrons. The Labute approximate surface area is 75.2 Å². The Balaban J connectivity index is 3.05. The quantitative estimate of drug-likeness (QED) is 0.696. The number of hydrogen-bond donors (Lipinski definition) is 2. The second-order valence-electron chi connectivity index (χ2n) is 2.41. The highest BCUT2D eigenvalue weighted by molar-refractivity contribution is 5.75. The molecule has 0 unspecified atom stereocenters. The van der Waals surface area contributed by atoms with Crippen LogP contribution in [0.4, 0.5) is 0 Å². The summed E-state index contributed by atoms with van der Waals surface area (Å²) in [4.78, 5) is 14.4. The minimum absolute atomic E-state index is 0.234. The number of aliphatic carboxylic acids is 1. The molecule has 0 spiro atoms. The minimum atomic E-state index is -1.14. The minimum Gasteiger partial charge on any atom is -0.495 e. The third-order valence-electron chi connectivity index (χ3n) is 1.58. The monoisotopic (exact) mass is 182 g/mol. The van der Waals surface area contributed by atoms with Crippen molar-refractivity contribution in [3.8, 4) is 5.75 Å². The lowest BCUT2D eigenvalue weighted by molar-refractivity contribution is -0.138. The average Bonchev–Trinajstić information content (AvgIpc) is 2.16. The molecule has 1 aromatic heterocycles. The third kappa shape index (κ3) is 1.94. The van der Waals surface area contributed by atoms with Crippen LogP contribution in [0, 0.1) is 0 Å². The molecule has 0 saturated heterocycles. The molecular weight excluding hydrogens is 172 g/mol. The van der Waals surface area contributed by atoms with E-state index in [1.54, 1.807) is 12.1 Å². The van der Waals surface area contributed by atoms with Gasteiger partial charge in [0, 0.05) is 6.20 Å². The van der Waals surface area contributed by atoms with Gasteiger partial charge in [0.1, 0.15) is 17.5 Å². The molecule has 0 aliphatic rings. The first kappa shape index (κ1) is 9.47. The molecule has 0 saturated carbocycles. The van der Waals surface area contributed by atoms with E-state index in [9.17, 15) is 4.79 Å². The lowest BCUT2D eigenvalue weighted by atomic mass is 10.2. The van der Waals surface area contributed by atoms with E-state index in [4.69, 9.17) is 15.6 Å². The van der Waals surface area contributed by atoms with Crippen LogP contribution in [0.5, 0.6) is 5.75 Å². The van der Waals surface area contributed by atoms with Crippen molar-refractivity contribution in [3.05, 3.63) is 24.0 Å². The molecule has 3 N–H and O–H groups in total. The van der Waals surface area contributed by atoms with Gasteiger partial charge in [0.05, 0.1) is 7.11 Å². The Bertz CT molecular complexity index is 314. The van der Waals surface area contributed by atoms with Crippen LogP contribution in [0.3, 0.4) is 0 Å². The van der Waals surface area contributed by atoms with Crippen LogP contribution in [0.25, 0.3) is 0 Å². The number of nitrogens with two attached hydrogens (primary N) is 1. The molecule has 5 heteroatoms. The third-order valence-corrected chi connectivity index (χ3v) is 1.58. The number of carbonyl (C=O) groups is 1. The number of carboxylic acids is 1. The number of methoxy groups -OCH3 is 1. The van der Waals surface area contributed by atoms with Crippen LogP contribution < -0.4 is 10.5 Å². The second-order valence-corrected chi connectivity index (χ2v) is 2.41. The fraction of sp³-hybridized carbons (Fsp3) is 0.250. The Kier molecular flexibility index (Phi) is 2.81. The number of rotatable bonds is 3. The summed E-state index contributed by atoms with van der Waals surface area (Å²) in [5, 5.41) is 8.63. The number of carboxylic acid groups (broad SMARTS) is 1. The summed E-state index contributed by atoms with van der Waals surface area (Å²) in [6.07, 6.45) is 1.47. The molecule has 13 heavy (non-hydrogen) atoms. The normalized spacial score (nSPS) is 12.2. The molecule has 0 aliphatic carbocycles. The highest BCUT2D eigenvalue weighted by Gasteiger charge is 2.19.